The summed E-state index contributed by atoms with van der Waals surface area (Å²) in [5, 5.41) is 23.2. The number of hydrogen-bond acceptors (Lipinski definition) is 6. The summed E-state index contributed by atoms with van der Waals surface area (Å²) in [6.07, 6.45) is 3.71. The third-order valence-corrected chi connectivity index (χ3v) is 12.7. The van der Waals surface area contributed by atoms with E-state index >= 15 is 4.79 Å². The predicted molar refractivity (Wildman–Crippen MR) is 201 cm³/mol. The molecule has 1 aromatic rings. The summed E-state index contributed by atoms with van der Waals surface area (Å²) in [7, 11) is 4.23. The zero-order valence-corrected chi connectivity index (χ0v) is 34.4. The summed E-state index contributed by atoms with van der Waals surface area (Å²) in [5.41, 5.74) is -0.911. The number of piperidine rings is 2. The van der Waals surface area contributed by atoms with E-state index < -0.39 is 35.3 Å². The summed E-state index contributed by atoms with van der Waals surface area (Å²) >= 11 is 0. The summed E-state index contributed by atoms with van der Waals surface area (Å²) in [6.45, 7) is 32.0. The molecule has 1 aromatic carbocycles. The number of benzene rings is 1. The van der Waals surface area contributed by atoms with Crippen LogP contribution in [0, 0.1) is 17.3 Å². The molecule has 280 valence electrons. The molecule has 2 fully saturated rings. The highest BCUT2D eigenvalue weighted by atomic mass is 16.5. The van der Waals surface area contributed by atoms with Crippen LogP contribution in [0.25, 0.3) is 0 Å². The summed E-state index contributed by atoms with van der Waals surface area (Å²) in [4.78, 5) is 34.2. The number of aromatic hydroxyl groups is 1. The first-order valence-corrected chi connectivity index (χ1v) is 18.7. The number of nitrogens with zero attached hydrogens (tertiary/aromatic N) is 2. The van der Waals surface area contributed by atoms with Gasteiger partial charge in [0.1, 0.15) is 11.9 Å². The predicted octanol–water partition coefficient (Wildman–Crippen LogP) is 9.11. The Hall–Kier alpha value is -2.12. The van der Waals surface area contributed by atoms with Crippen molar-refractivity contribution in [3.05, 3.63) is 28.8 Å². The maximum absolute atomic E-state index is 15.2. The van der Waals surface area contributed by atoms with Gasteiger partial charge < -0.3 is 14.9 Å². The van der Waals surface area contributed by atoms with Crippen molar-refractivity contribution in [1.29, 1.82) is 0 Å². The molecule has 0 radical (unpaired) electrons. The Labute approximate surface area is 299 Å². The summed E-state index contributed by atoms with van der Waals surface area (Å²) in [5.74, 6) is -2.31. The molecule has 2 unspecified atom stereocenters. The Morgan fingerprint density at radius 3 is 1.53 bits per heavy atom. The molecule has 2 heterocycles. The number of hydrogen-bond donors (Lipinski definition) is 2. The van der Waals surface area contributed by atoms with Gasteiger partial charge in [-0.1, -0.05) is 67.0 Å². The molecule has 0 spiro atoms. The smallest absolute Gasteiger partial charge is 0.324 e. The van der Waals surface area contributed by atoms with Crippen LogP contribution in [0.5, 0.6) is 5.75 Å². The van der Waals surface area contributed by atoms with Gasteiger partial charge in [-0.15, -0.1) is 0 Å². The van der Waals surface area contributed by atoms with Gasteiger partial charge in [-0.3, -0.25) is 19.4 Å². The maximum Gasteiger partial charge on any atom is 0.324 e. The van der Waals surface area contributed by atoms with E-state index in [-0.39, 0.29) is 33.0 Å². The van der Waals surface area contributed by atoms with Crippen molar-refractivity contribution in [3.63, 3.8) is 0 Å². The molecular formula is C42H72N2O5. The van der Waals surface area contributed by atoms with Crippen molar-refractivity contribution in [2.75, 3.05) is 14.1 Å². The van der Waals surface area contributed by atoms with Crippen molar-refractivity contribution < 1.29 is 24.5 Å². The molecule has 2 N–H and O–H groups in total. The van der Waals surface area contributed by atoms with E-state index in [0.717, 1.165) is 23.1 Å². The van der Waals surface area contributed by atoms with Gasteiger partial charge in [0.15, 0.2) is 5.41 Å². The fraction of sp³-hybridized carbons (Fsp3) is 0.810. The van der Waals surface area contributed by atoms with E-state index in [9.17, 15) is 15.0 Å². The van der Waals surface area contributed by atoms with Crippen LogP contribution in [0.2, 0.25) is 0 Å². The van der Waals surface area contributed by atoms with E-state index in [0.29, 0.717) is 44.3 Å². The number of carbonyl (C=O) groups excluding carboxylic acids is 1. The molecule has 2 aliphatic heterocycles. The maximum atomic E-state index is 15.2. The number of carbonyl (C=O) groups is 2. The van der Waals surface area contributed by atoms with Gasteiger partial charge >= 0.3 is 11.9 Å². The van der Waals surface area contributed by atoms with Crippen LogP contribution in [-0.4, -0.2) is 74.3 Å². The largest absolute Gasteiger partial charge is 0.507 e. The van der Waals surface area contributed by atoms with Crippen molar-refractivity contribution in [2.24, 2.45) is 17.3 Å². The summed E-state index contributed by atoms with van der Waals surface area (Å²) in [6, 6.07) is 4.10. The van der Waals surface area contributed by atoms with Crippen molar-refractivity contribution in [3.8, 4) is 5.75 Å². The Bertz CT molecular complexity index is 1310. The van der Waals surface area contributed by atoms with Crippen molar-refractivity contribution in [1.82, 2.24) is 9.80 Å². The fourth-order valence-corrected chi connectivity index (χ4v) is 9.49. The summed E-state index contributed by atoms with van der Waals surface area (Å²) < 4.78 is 6.59. The second-order valence-corrected chi connectivity index (χ2v) is 20.3. The van der Waals surface area contributed by atoms with Crippen LogP contribution < -0.4 is 0 Å². The standard InChI is InChI=1S/C42H72N2O5/c1-18-19-28(20-27-21-31(36(2,3)4)33(45)32(22-27)37(5,6)7)42(34(46)47,29-23-38(8,9)43(16)39(10,11)24-29)35(48)49-30-25-40(12,13)44(17)41(14,15)26-30/h21-22,28-30,45H,18-20,23-26H2,1-17H3,(H,46,47). The molecule has 2 aliphatic rings. The first-order valence-electron chi connectivity index (χ1n) is 18.7. The number of phenols is 1. The number of esters is 1. The highest BCUT2D eigenvalue weighted by Gasteiger charge is 2.63. The van der Waals surface area contributed by atoms with Gasteiger partial charge in [0, 0.05) is 35.0 Å². The fourth-order valence-electron chi connectivity index (χ4n) is 9.49. The Morgan fingerprint density at radius 2 is 1.18 bits per heavy atom. The lowest BCUT2D eigenvalue weighted by Crippen LogP contribution is -2.65. The number of rotatable bonds is 9. The number of phenolic OH excluding ortho intramolecular Hbond substituents is 1. The Balaban J connectivity index is 2.31. The number of carboxylic acids is 1. The van der Waals surface area contributed by atoms with E-state index in [1.54, 1.807) is 0 Å². The van der Waals surface area contributed by atoms with E-state index in [1.807, 2.05) is 0 Å². The lowest BCUT2D eigenvalue weighted by atomic mass is 9.56. The number of likely N-dealkylation sites (tertiary alicyclic amines) is 2. The highest BCUT2D eigenvalue weighted by Crippen LogP contribution is 2.54. The molecule has 0 aliphatic carbocycles. The van der Waals surface area contributed by atoms with Crippen LogP contribution in [0.1, 0.15) is 159 Å². The lowest BCUT2D eigenvalue weighted by molar-refractivity contribution is -0.195. The zero-order chi connectivity index (χ0) is 37.9. The topological polar surface area (TPSA) is 90.3 Å². The normalized spacial score (nSPS) is 23.9. The van der Waals surface area contributed by atoms with Crippen LogP contribution >= 0.6 is 0 Å². The highest BCUT2D eigenvalue weighted by molar-refractivity contribution is 6.00. The number of carboxylic acid groups (broad SMARTS) is 1. The van der Waals surface area contributed by atoms with Gasteiger partial charge in [-0.2, -0.15) is 0 Å². The second-order valence-electron chi connectivity index (χ2n) is 20.3. The molecule has 3 rings (SSSR count). The third kappa shape index (κ3) is 8.03. The molecular weight excluding hydrogens is 612 g/mol. The average Bonchev–Trinajstić information content (AvgIpc) is 2.89. The van der Waals surface area contributed by atoms with Crippen LogP contribution in [0.4, 0.5) is 0 Å². The lowest BCUT2D eigenvalue weighted by Gasteiger charge is -2.57. The molecule has 7 heteroatoms. The van der Waals surface area contributed by atoms with Crippen LogP contribution in [0.3, 0.4) is 0 Å². The second kappa shape index (κ2) is 13.5. The molecule has 0 aromatic heterocycles. The van der Waals surface area contributed by atoms with Crippen LogP contribution in [-0.2, 0) is 31.6 Å². The van der Waals surface area contributed by atoms with E-state index in [2.05, 4.69) is 140 Å². The molecule has 0 saturated carbocycles. The minimum atomic E-state index is -1.76. The number of aliphatic carboxylic acids is 1. The quantitative estimate of drug-likeness (QED) is 0.198. The molecule has 2 atom stereocenters. The van der Waals surface area contributed by atoms with Crippen molar-refractivity contribution >= 4 is 11.9 Å². The zero-order valence-electron chi connectivity index (χ0n) is 34.4. The van der Waals surface area contributed by atoms with Gasteiger partial charge in [0.05, 0.1) is 0 Å². The third-order valence-electron chi connectivity index (χ3n) is 12.7. The molecule has 2 saturated heterocycles. The minimum Gasteiger partial charge on any atom is -0.507 e. The van der Waals surface area contributed by atoms with Crippen LogP contribution in [0.15, 0.2) is 12.1 Å². The monoisotopic (exact) mass is 685 g/mol. The SMILES string of the molecule is CCCC(Cc1cc(C(C)(C)C)c(O)c(C(C)(C)C)c1)C(C(=O)O)(C(=O)OC1CC(C)(C)N(C)C(C)(C)C1)C1CC(C)(C)N(C)C(C)(C)C1. The van der Waals surface area contributed by atoms with Crippen molar-refractivity contribution in [2.45, 2.75) is 188 Å². The van der Waals surface area contributed by atoms with E-state index in [1.165, 1.54) is 0 Å². The van der Waals surface area contributed by atoms with E-state index in [4.69, 9.17) is 4.74 Å². The van der Waals surface area contributed by atoms with Gasteiger partial charge in [-0.25, -0.2) is 0 Å². The molecule has 0 amide bonds. The Morgan fingerprint density at radius 1 is 0.796 bits per heavy atom. The van der Waals surface area contributed by atoms with Gasteiger partial charge in [0.2, 0.25) is 0 Å². The molecule has 0 bridgehead atoms. The first-order chi connectivity index (χ1) is 21.9. The van der Waals surface area contributed by atoms with Gasteiger partial charge in [-0.05, 0) is 135 Å². The number of ether oxygens (including phenoxy) is 1. The minimum absolute atomic E-state index is 0.225. The average molecular weight is 685 g/mol. The molecule has 49 heavy (non-hydrogen) atoms. The molecule has 7 nitrogen and oxygen atoms in total. The van der Waals surface area contributed by atoms with Gasteiger partial charge in [0.25, 0.3) is 0 Å². The Kier molecular flexibility index (Phi) is 11.3. The first kappa shape index (κ1) is 41.3.